The Morgan fingerprint density at radius 3 is 1.68 bits per heavy atom. The summed E-state index contributed by atoms with van der Waals surface area (Å²) < 4.78 is 13.2. The van der Waals surface area contributed by atoms with Crippen molar-refractivity contribution in [2.45, 2.75) is 109 Å². The van der Waals surface area contributed by atoms with E-state index in [1.165, 1.54) is 0 Å². The Hall–Kier alpha value is 0.274. The summed E-state index contributed by atoms with van der Waals surface area (Å²) in [6.45, 7) is 22.3. The highest BCUT2D eigenvalue weighted by Crippen LogP contribution is 2.43. The van der Waals surface area contributed by atoms with Gasteiger partial charge >= 0.3 is 0 Å². The predicted octanol–water partition coefficient (Wildman–Crippen LogP) is 4.53. The van der Waals surface area contributed by atoms with Crippen LogP contribution in [0.1, 0.15) is 54.4 Å². The quantitative estimate of drug-likeness (QED) is 0.677. The van der Waals surface area contributed by atoms with Crippen LogP contribution in [0, 0.1) is 5.92 Å². The van der Waals surface area contributed by atoms with Crippen LogP contribution in [-0.4, -0.2) is 51.8 Å². The molecule has 1 rings (SSSR count). The van der Waals surface area contributed by atoms with Crippen LogP contribution in [0.3, 0.4) is 0 Å². The van der Waals surface area contributed by atoms with Crippen LogP contribution < -0.4 is 0 Å². The molecule has 0 spiro atoms. The first-order chi connectivity index (χ1) is 11.0. The monoisotopic (exact) mass is 390 g/mol. The minimum absolute atomic E-state index is 0.00783. The number of aliphatic hydroxyl groups excluding tert-OH is 2. The molecular weight excluding hydrogens is 348 g/mol. The molecule has 0 saturated heterocycles. The Kier molecular flexibility index (Phi) is 7.20. The third kappa shape index (κ3) is 5.62. The van der Waals surface area contributed by atoms with Crippen LogP contribution in [0.4, 0.5) is 0 Å². The Bertz CT molecular complexity index is 438. The van der Waals surface area contributed by atoms with Crippen molar-refractivity contribution in [2.24, 2.45) is 5.92 Å². The van der Waals surface area contributed by atoms with E-state index < -0.39 is 22.7 Å². The number of aliphatic hydroxyl groups is 2. The van der Waals surface area contributed by atoms with E-state index in [0.717, 1.165) is 6.42 Å². The van der Waals surface area contributed by atoms with Gasteiger partial charge in [0.05, 0.1) is 18.8 Å². The Morgan fingerprint density at radius 1 is 0.840 bits per heavy atom. The Balaban J connectivity index is 2.96. The molecule has 1 aliphatic carbocycles. The van der Waals surface area contributed by atoms with E-state index >= 15 is 0 Å². The average molecular weight is 391 g/mol. The molecule has 0 aromatic rings. The van der Waals surface area contributed by atoms with Gasteiger partial charge in [0.25, 0.3) is 0 Å². The lowest BCUT2D eigenvalue weighted by Gasteiger charge is -2.48. The van der Waals surface area contributed by atoms with E-state index in [4.69, 9.17) is 8.85 Å². The maximum atomic E-state index is 10.6. The first-order valence-corrected chi connectivity index (χ1v) is 15.5. The zero-order valence-electron chi connectivity index (χ0n) is 18.1. The largest absolute Gasteiger partial charge is 0.414 e. The lowest BCUT2D eigenvalue weighted by molar-refractivity contribution is -0.0786. The van der Waals surface area contributed by atoms with Gasteiger partial charge in [-0.1, -0.05) is 41.5 Å². The maximum absolute atomic E-state index is 10.6. The molecule has 0 aliphatic heterocycles. The molecule has 150 valence electrons. The van der Waals surface area contributed by atoms with Gasteiger partial charge in [0, 0.05) is 12.0 Å². The molecule has 4 nitrogen and oxygen atoms in total. The van der Waals surface area contributed by atoms with Gasteiger partial charge in [-0.05, 0) is 49.1 Å². The van der Waals surface area contributed by atoms with Crippen LogP contribution >= 0.6 is 0 Å². The van der Waals surface area contributed by atoms with Crippen molar-refractivity contribution in [3.63, 3.8) is 0 Å². The summed E-state index contributed by atoms with van der Waals surface area (Å²) in [6, 6.07) is 0. The summed E-state index contributed by atoms with van der Waals surface area (Å²) in [7, 11) is -3.87. The third-order valence-corrected chi connectivity index (χ3v) is 15.7. The van der Waals surface area contributed by atoms with E-state index in [9.17, 15) is 10.2 Å². The van der Waals surface area contributed by atoms with Gasteiger partial charge in [0.15, 0.2) is 16.6 Å². The second-order valence-electron chi connectivity index (χ2n) is 10.8. The number of hydrogen-bond acceptors (Lipinski definition) is 4. The summed E-state index contributed by atoms with van der Waals surface area (Å²) in [5.41, 5.74) is 0. The minimum atomic E-state index is -1.97. The fourth-order valence-electron chi connectivity index (χ4n) is 2.84. The van der Waals surface area contributed by atoms with Gasteiger partial charge in [-0.3, -0.25) is 0 Å². The van der Waals surface area contributed by atoms with Crippen molar-refractivity contribution >= 4 is 16.6 Å². The van der Waals surface area contributed by atoms with Crippen molar-refractivity contribution in [1.29, 1.82) is 0 Å². The Morgan fingerprint density at radius 2 is 1.28 bits per heavy atom. The third-order valence-electron chi connectivity index (χ3n) is 6.70. The molecule has 1 saturated carbocycles. The van der Waals surface area contributed by atoms with E-state index in [1.54, 1.807) is 0 Å². The first kappa shape index (κ1) is 23.3. The molecule has 0 radical (unpaired) electrons. The molecule has 25 heavy (non-hydrogen) atoms. The van der Waals surface area contributed by atoms with Crippen molar-refractivity contribution < 1.29 is 19.1 Å². The normalized spacial score (nSPS) is 29.8. The van der Waals surface area contributed by atoms with Gasteiger partial charge in [0.1, 0.15) is 0 Å². The zero-order chi connectivity index (χ0) is 19.8. The van der Waals surface area contributed by atoms with Gasteiger partial charge in [0.2, 0.25) is 0 Å². The molecule has 0 unspecified atom stereocenters. The second-order valence-corrected chi connectivity index (χ2v) is 20.3. The first-order valence-electron chi connectivity index (χ1n) is 9.66. The molecule has 1 aliphatic rings. The minimum Gasteiger partial charge on any atom is -0.414 e. The summed E-state index contributed by atoms with van der Waals surface area (Å²) in [4.78, 5) is 0. The molecule has 6 heteroatoms. The zero-order valence-corrected chi connectivity index (χ0v) is 20.1. The Labute approximate surface area is 157 Å². The summed E-state index contributed by atoms with van der Waals surface area (Å²) in [5, 5.41) is 20.7. The van der Waals surface area contributed by atoms with E-state index in [1.807, 2.05) is 0 Å². The number of rotatable bonds is 5. The average Bonchev–Trinajstić information content (AvgIpc) is 2.34. The molecule has 1 fully saturated rings. The molecular formula is C19H42O4Si2. The van der Waals surface area contributed by atoms with Crippen LogP contribution in [0.25, 0.3) is 0 Å². The van der Waals surface area contributed by atoms with Gasteiger partial charge in [-0.25, -0.2) is 0 Å². The maximum Gasteiger partial charge on any atom is 0.192 e. The number of hydrogen-bond donors (Lipinski definition) is 2. The highest BCUT2D eigenvalue weighted by molar-refractivity contribution is 6.74. The van der Waals surface area contributed by atoms with Crippen LogP contribution in [0.5, 0.6) is 0 Å². The predicted molar refractivity (Wildman–Crippen MR) is 110 cm³/mol. The lowest BCUT2D eigenvalue weighted by atomic mass is 9.83. The fraction of sp³-hybridized carbons (Fsp3) is 1.00. The van der Waals surface area contributed by atoms with Gasteiger partial charge in [-0.15, -0.1) is 0 Å². The highest BCUT2D eigenvalue weighted by atomic mass is 28.4. The summed E-state index contributed by atoms with van der Waals surface area (Å²) in [6.07, 6.45) is 0.664. The van der Waals surface area contributed by atoms with Crippen LogP contribution in [-0.2, 0) is 8.85 Å². The summed E-state index contributed by atoms with van der Waals surface area (Å²) >= 11 is 0. The van der Waals surface area contributed by atoms with Crippen molar-refractivity contribution in [2.75, 3.05) is 6.61 Å². The van der Waals surface area contributed by atoms with Crippen LogP contribution in [0.2, 0.25) is 36.3 Å². The van der Waals surface area contributed by atoms with Crippen molar-refractivity contribution in [3.05, 3.63) is 0 Å². The molecule has 0 bridgehead atoms. The highest BCUT2D eigenvalue weighted by Gasteiger charge is 2.47. The smallest absolute Gasteiger partial charge is 0.192 e. The second kappa shape index (κ2) is 7.72. The molecule has 0 aromatic heterocycles. The van der Waals surface area contributed by atoms with Gasteiger partial charge < -0.3 is 19.1 Å². The van der Waals surface area contributed by atoms with E-state index in [0.29, 0.717) is 6.42 Å². The van der Waals surface area contributed by atoms with E-state index in [2.05, 4.69) is 67.7 Å². The summed E-state index contributed by atoms with van der Waals surface area (Å²) in [5.74, 6) is -0.214. The molecule has 4 atom stereocenters. The topological polar surface area (TPSA) is 58.9 Å². The molecule has 2 N–H and O–H groups in total. The fourth-order valence-corrected chi connectivity index (χ4v) is 5.60. The standard InChI is InChI=1S/C19H42O4Si2/c1-18(2,3)24(7,8)22-14-11-16(21)15(13-20)17(12-14)23-25(9,10)19(4,5)6/h14-17,20-21H,11-13H2,1-10H3/t14-,15-,16-,17+/m1/s1. The van der Waals surface area contributed by atoms with Gasteiger partial charge in [-0.2, -0.15) is 0 Å². The van der Waals surface area contributed by atoms with Crippen molar-refractivity contribution in [1.82, 2.24) is 0 Å². The molecule has 0 amide bonds. The lowest BCUT2D eigenvalue weighted by Crippen LogP contribution is -2.54. The molecule has 0 heterocycles. The van der Waals surface area contributed by atoms with Crippen molar-refractivity contribution in [3.8, 4) is 0 Å². The SMILES string of the molecule is CC(C)(C)[Si](C)(C)O[C@@H]1C[C@@H](O)[C@@H](CO)[C@@H](O[Si](C)(C)C(C)(C)C)C1. The van der Waals surface area contributed by atoms with E-state index in [-0.39, 0.29) is 34.8 Å². The molecule has 0 aromatic carbocycles. The van der Waals surface area contributed by atoms with Crippen LogP contribution in [0.15, 0.2) is 0 Å².